The summed E-state index contributed by atoms with van der Waals surface area (Å²) in [5, 5.41) is 3.33. The Bertz CT molecular complexity index is 806. The number of benzene rings is 1. The molecular formula is C20H34IN5O3S. The molecule has 1 atom stereocenters. The van der Waals surface area contributed by atoms with E-state index in [2.05, 4.69) is 20.1 Å². The smallest absolute Gasteiger partial charge is 0.243 e. The van der Waals surface area contributed by atoms with Crippen LogP contribution in [0.2, 0.25) is 0 Å². The number of likely N-dealkylation sites (N-methyl/N-ethyl adjacent to an activating group) is 1. The molecule has 3 rings (SSSR count). The van der Waals surface area contributed by atoms with Crippen LogP contribution in [0, 0.1) is 5.92 Å². The molecule has 2 fully saturated rings. The van der Waals surface area contributed by atoms with Crippen LogP contribution in [0.5, 0.6) is 0 Å². The largest absolute Gasteiger partial charge is 0.381 e. The number of rotatable bonds is 6. The van der Waals surface area contributed by atoms with Crippen LogP contribution in [-0.4, -0.2) is 95.6 Å². The highest BCUT2D eigenvalue weighted by Crippen LogP contribution is 2.21. The molecule has 30 heavy (non-hydrogen) atoms. The number of nitrogens with zero attached hydrogens (tertiary/aromatic N) is 4. The Balaban J connectivity index is 0.00000320. The van der Waals surface area contributed by atoms with Gasteiger partial charge in [-0.05, 0) is 25.1 Å². The molecule has 0 spiro atoms. The number of sulfonamides is 1. The van der Waals surface area contributed by atoms with E-state index in [0.29, 0.717) is 30.4 Å². The van der Waals surface area contributed by atoms with Crippen LogP contribution in [0.15, 0.2) is 34.2 Å². The normalized spacial score (nSPS) is 21.3. The topological polar surface area (TPSA) is 77.5 Å². The first-order valence-corrected chi connectivity index (χ1v) is 11.6. The Labute approximate surface area is 197 Å². The van der Waals surface area contributed by atoms with Gasteiger partial charge in [-0.1, -0.05) is 18.2 Å². The van der Waals surface area contributed by atoms with E-state index < -0.39 is 10.0 Å². The molecule has 1 aromatic rings. The molecule has 170 valence electrons. The minimum Gasteiger partial charge on any atom is -0.381 e. The van der Waals surface area contributed by atoms with Crippen molar-refractivity contribution in [2.24, 2.45) is 10.9 Å². The number of nitrogens with one attached hydrogen (secondary N) is 1. The Morgan fingerprint density at radius 1 is 1.27 bits per heavy atom. The van der Waals surface area contributed by atoms with Crippen LogP contribution in [0.1, 0.15) is 12.0 Å². The first-order valence-electron chi connectivity index (χ1n) is 10.2. The number of aliphatic imine (C=N–C) groups is 1. The molecule has 0 aliphatic carbocycles. The predicted octanol–water partition coefficient (Wildman–Crippen LogP) is 1.28. The summed E-state index contributed by atoms with van der Waals surface area (Å²) in [5.41, 5.74) is 0.755. The van der Waals surface area contributed by atoms with Gasteiger partial charge in [-0.3, -0.25) is 4.99 Å². The number of ether oxygens (including phenoxy) is 1. The van der Waals surface area contributed by atoms with Crippen molar-refractivity contribution in [1.82, 2.24) is 19.4 Å². The fraction of sp³-hybridized carbons (Fsp3) is 0.650. The van der Waals surface area contributed by atoms with Gasteiger partial charge in [-0.15, -0.1) is 24.0 Å². The Hall–Kier alpha value is -0.950. The van der Waals surface area contributed by atoms with Gasteiger partial charge in [0.15, 0.2) is 5.96 Å². The zero-order valence-corrected chi connectivity index (χ0v) is 21.2. The summed E-state index contributed by atoms with van der Waals surface area (Å²) in [4.78, 5) is 8.96. The molecule has 1 unspecified atom stereocenters. The highest BCUT2D eigenvalue weighted by molar-refractivity contribution is 14.0. The number of guanidine groups is 1. The summed E-state index contributed by atoms with van der Waals surface area (Å²) in [7, 11) is 2.25. The molecular weight excluding hydrogens is 517 g/mol. The van der Waals surface area contributed by atoms with Gasteiger partial charge in [0.2, 0.25) is 10.0 Å². The zero-order valence-electron chi connectivity index (χ0n) is 18.1. The van der Waals surface area contributed by atoms with Gasteiger partial charge in [0.05, 0.1) is 11.5 Å². The fourth-order valence-corrected chi connectivity index (χ4v) is 5.47. The predicted molar refractivity (Wildman–Crippen MR) is 130 cm³/mol. The molecule has 2 saturated heterocycles. The number of hydrogen-bond donors (Lipinski definition) is 1. The average Bonchev–Trinajstić information content (AvgIpc) is 3.22. The second-order valence-corrected chi connectivity index (χ2v) is 9.73. The second-order valence-electron chi connectivity index (χ2n) is 7.83. The van der Waals surface area contributed by atoms with Crippen molar-refractivity contribution in [2.75, 3.05) is 67.1 Å². The summed E-state index contributed by atoms with van der Waals surface area (Å²) in [6.45, 7) is 5.42. The fourth-order valence-electron chi connectivity index (χ4n) is 3.83. The minimum atomic E-state index is -3.51. The van der Waals surface area contributed by atoms with Gasteiger partial charge >= 0.3 is 0 Å². The molecule has 0 amide bonds. The Kier molecular flexibility index (Phi) is 9.79. The molecule has 2 aliphatic heterocycles. The minimum absolute atomic E-state index is 0. The summed E-state index contributed by atoms with van der Waals surface area (Å²) in [6.07, 6.45) is 1.06. The van der Waals surface area contributed by atoms with E-state index in [0.717, 1.165) is 50.8 Å². The monoisotopic (exact) mass is 551 g/mol. The van der Waals surface area contributed by atoms with Crippen LogP contribution in [-0.2, 0) is 21.3 Å². The van der Waals surface area contributed by atoms with Crippen molar-refractivity contribution in [2.45, 2.75) is 17.9 Å². The maximum Gasteiger partial charge on any atom is 0.243 e. The molecule has 10 heteroatoms. The van der Waals surface area contributed by atoms with Gasteiger partial charge in [-0.25, -0.2) is 8.42 Å². The van der Waals surface area contributed by atoms with Crippen LogP contribution in [0.3, 0.4) is 0 Å². The third-order valence-electron chi connectivity index (χ3n) is 5.62. The molecule has 2 aliphatic rings. The lowest BCUT2D eigenvalue weighted by atomic mass is 10.1. The van der Waals surface area contributed by atoms with Gasteiger partial charge in [0, 0.05) is 65.9 Å². The quantitative estimate of drug-likeness (QED) is 0.326. The summed E-state index contributed by atoms with van der Waals surface area (Å²) in [5.74, 6) is 1.26. The summed E-state index contributed by atoms with van der Waals surface area (Å²) in [6, 6.07) is 7.23. The van der Waals surface area contributed by atoms with Crippen LogP contribution >= 0.6 is 24.0 Å². The SMILES string of the molecule is CN=C(NCc1ccccc1S(=O)(=O)N1CCN(C)CC1)N(C)CC1CCOC1.I. The molecule has 2 heterocycles. The van der Waals surface area contributed by atoms with E-state index in [-0.39, 0.29) is 24.0 Å². The van der Waals surface area contributed by atoms with Crippen molar-refractivity contribution in [3.05, 3.63) is 29.8 Å². The first-order chi connectivity index (χ1) is 13.9. The van der Waals surface area contributed by atoms with E-state index >= 15 is 0 Å². The van der Waals surface area contributed by atoms with Gasteiger partial charge in [-0.2, -0.15) is 4.31 Å². The maximum atomic E-state index is 13.2. The Morgan fingerprint density at radius 3 is 2.60 bits per heavy atom. The molecule has 0 bridgehead atoms. The molecule has 0 aromatic heterocycles. The highest BCUT2D eigenvalue weighted by atomic mass is 127. The number of halogens is 1. The molecule has 1 aromatic carbocycles. The molecule has 1 N–H and O–H groups in total. The first kappa shape index (κ1) is 25.3. The molecule has 0 radical (unpaired) electrons. The van der Waals surface area contributed by atoms with Gasteiger partial charge in [0.1, 0.15) is 0 Å². The number of piperazine rings is 1. The zero-order chi connectivity index (χ0) is 20.9. The van der Waals surface area contributed by atoms with E-state index in [9.17, 15) is 8.42 Å². The van der Waals surface area contributed by atoms with Crippen molar-refractivity contribution in [1.29, 1.82) is 0 Å². The van der Waals surface area contributed by atoms with E-state index in [1.54, 1.807) is 23.5 Å². The lowest BCUT2D eigenvalue weighted by Gasteiger charge is -2.32. The van der Waals surface area contributed by atoms with Crippen molar-refractivity contribution >= 4 is 40.0 Å². The lowest BCUT2D eigenvalue weighted by molar-refractivity contribution is 0.181. The van der Waals surface area contributed by atoms with E-state index in [4.69, 9.17) is 4.74 Å². The van der Waals surface area contributed by atoms with Crippen LogP contribution < -0.4 is 5.32 Å². The van der Waals surface area contributed by atoms with Gasteiger partial charge in [0.25, 0.3) is 0 Å². The third-order valence-corrected chi connectivity index (χ3v) is 7.62. The Morgan fingerprint density at radius 2 is 1.97 bits per heavy atom. The summed E-state index contributed by atoms with van der Waals surface area (Å²) >= 11 is 0. The van der Waals surface area contributed by atoms with E-state index in [1.165, 1.54) is 0 Å². The van der Waals surface area contributed by atoms with Crippen LogP contribution in [0.4, 0.5) is 0 Å². The molecule has 0 saturated carbocycles. The third kappa shape index (κ3) is 6.28. The summed E-state index contributed by atoms with van der Waals surface area (Å²) < 4.78 is 33.5. The lowest BCUT2D eigenvalue weighted by Crippen LogP contribution is -2.47. The van der Waals surface area contributed by atoms with Crippen molar-refractivity contribution < 1.29 is 13.2 Å². The van der Waals surface area contributed by atoms with Crippen molar-refractivity contribution in [3.63, 3.8) is 0 Å². The van der Waals surface area contributed by atoms with Gasteiger partial charge < -0.3 is 19.9 Å². The highest BCUT2D eigenvalue weighted by Gasteiger charge is 2.29. The van der Waals surface area contributed by atoms with Crippen LogP contribution in [0.25, 0.3) is 0 Å². The maximum absolute atomic E-state index is 13.2. The molecule has 8 nitrogen and oxygen atoms in total. The van der Waals surface area contributed by atoms with E-state index in [1.807, 2.05) is 26.2 Å². The standard InChI is InChI=1S/C20H33N5O3S.HI/c1-21-20(24(3)15-17-8-13-28-16-17)22-14-18-6-4-5-7-19(18)29(26,27)25-11-9-23(2)10-12-25;/h4-7,17H,8-16H2,1-3H3,(H,21,22);1H. The van der Waals surface area contributed by atoms with Crippen molar-refractivity contribution in [3.8, 4) is 0 Å². The average molecular weight is 551 g/mol. The number of hydrogen-bond acceptors (Lipinski definition) is 5. The second kappa shape index (κ2) is 11.6.